The second kappa shape index (κ2) is 10.8. The highest BCUT2D eigenvalue weighted by atomic mass is 16.5. The molecule has 0 radical (unpaired) electrons. The lowest BCUT2D eigenvalue weighted by molar-refractivity contribution is -0.169. The van der Waals surface area contributed by atoms with Crippen LogP contribution in [0.5, 0.6) is 0 Å². The molecule has 0 saturated heterocycles. The molecule has 0 heterocycles. The average Bonchev–Trinajstić information content (AvgIpc) is 2.59. The number of carbonyl (C=O) groups is 2. The predicted octanol–water partition coefficient (Wildman–Crippen LogP) is 4.96. The number of hydrogen-bond donors (Lipinski definition) is 1. The van der Waals surface area contributed by atoms with Crippen LogP contribution >= 0.6 is 0 Å². The van der Waals surface area contributed by atoms with Crippen molar-refractivity contribution in [1.29, 1.82) is 0 Å². The van der Waals surface area contributed by atoms with Gasteiger partial charge < -0.3 is 9.84 Å². The van der Waals surface area contributed by atoms with Crippen LogP contribution in [0.25, 0.3) is 0 Å². The minimum Gasteiger partial charge on any atom is -0.480 e. The molecule has 1 aromatic rings. The van der Waals surface area contributed by atoms with Gasteiger partial charge in [-0.05, 0) is 18.9 Å². The number of ether oxygens (including phenoxy) is 1. The van der Waals surface area contributed by atoms with E-state index in [0.29, 0.717) is 6.42 Å². The van der Waals surface area contributed by atoms with E-state index in [1.54, 1.807) is 0 Å². The maximum Gasteiger partial charge on any atom is 0.323 e. The molecule has 1 rings (SSSR count). The lowest BCUT2D eigenvalue weighted by atomic mass is 9.84. The summed E-state index contributed by atoms with van der Waals surface area (Å²) in [6.07, 6.45) is 7.97. The van der Waals surface area contributed by atoms with Crippen molar-refractivity contribution < 1.29 is 19.4 Å². The highest BCUT2D eigenvalue weighted by Gasteiger charge is 2.42. The fourth-order valence-electron chi connectivity index (χ4n) is 2.61. The number of rotatable bonds is 12. The largest absolute Gasteiger partial charge is 0.480 e. The lowest BCUT2D eigenvalue weighted by Gasteiger charge is -2.22. The van der Waals surface area contributed by atoms with Crippen molar-refractivity contribution in [3.63, 3.8) is 0 Å². The van der Waals surface area contributed by atoms with Gasteiger partial charge in [-0.1, -0.05) is 82.2 Å². The zero-order valence-electron chi connectivity index (χ0n) is 14.9. The summed E-state index contributed by atoms with van der Waals surface area (Å²) >= 11 is 0. The molecule has 0 aliphatic rings. The Labute approximate surface area is 145 Å². The monoisotopic (exact) mass is 334 g/mol. The van der Waals surface area contributed by atoms with Crippen LogP contribution in [0.15, 0.2) is 30.3 Å². The van der Waals surface area contributed by atoms with E-state index in [-0.39, 0.29) is 6.61 Å². The van der Waals surface area contributed by atoms with E-state index in [1.165, 1.54) is 32.6 Å². The SMILES string of the molecule is CCCCCCCCCC(C)(C(=O)O)C(=O)OCc1ccccc1. The molecule has 4 heteroatoms. The Morgan fingerprint density at radius 1 is 1.00 bits per heavy atom. The van der Waals surface area contributed by atoms with E-state index in [1.807, 2.05) is 30.3 Å². The number of carboxylic acids is 1. The Morgan fingerprint density at radius 3 is 2.17 bits per heavy atom. The normalized spacial score (nSPS) is 13.2. The summed E-state index contributed by atoms with van der Waals surface area (Å²) in [6.45, 7) is 3.76. The molecular weight excluding hydrogens is 304 g/mol. The van der Waals surface area contributed by atoms with Crippen molar-refractivity contribution in [3.05, 3.63) is 35.9 Å². The number of carboxylic acid groups (broad SMARTS) is 1. The Kier molecular flexibility index (Phi) is 9.13. The molecule has 0 fully saturated rings. The summed E-state index contributed by atoms with van der Waals surface area (Å²) < 4.78 is 5.24. The number of carbonyl (C=O) groups excluding carboxylic acids is 1. The molecule has 1 unspecified atom stereocenters. The third-order valence-corrected chi connectivity index (χ3v) is 4.42. The molecule has 0 bridgehead atoms. The molecule has 0 amide bonds. The molecule has 4 nitrogen and oxygen atoms in total. The van der Waals surface area contributed by atoms with Gasteiger partial charge in [0, 0.05) is 0 Å². The highest BCUT2D eigenvalue weighted by molar-refractivity contribution is 5.98. The minimum absolute atomic E-state index is 0.111. The summed E-state index contributed by atoms with van der Waals surface area (Å²) in [7, 11) is 0. The molecule has 1 atom stereocenters. The van der Waals surface area contributed by atoms with Crippen LogP contribution in [-0.2, 0) is 20.9 Å². The molecule has 0 aliphatic heterocycles. The number of hydrogen-bond acceptors (Lipinski definition) is 3. The standard InChI is InChI=1S/C20H30O4/c1-3-4-5-6-7-8-12-15-20(2,18(21)22)19(23)24-16-17-13-10-9-11-14-17/h9-11,13-14H,3-8,12,15-16H2,1-2H3,(H,21,22). The fraction of sp³-hybridized carbons (Fsp3) is 0.600. The number of unbranched alkanes of at least 4 members (excludes halogenated alkanes) is 6. The van der Waals surface area contributed by atoms with Crippen molar-refractivity contribution in [3.8, 4) is 0 Å². The van der Waals surface area contributed by atoms with Crippen LogP contribution in [0, 0.1) is 5.41 Å². The third kappa shape index (κ3) is 6.73. The third-order valence-electron chi connectivity index (χ3n) is 4.42. The average molecular weight is 334 g/mol. The van der Waals surface area contributed by atoms with E-state index < -0.39 is 17.4 Å². The smallest absolute Gasteiger partial charge is 0.323 e. The number of benzene rings is 1. The minimum atomic E-state index is -1.46. The fourth-order valence-corrected chi connectivity index (χ4v) is 2.61. The first-order chi connectivity index (χ1) is 11.5. The van der Waals surface area contributed by atoms with Crippen LogP contribution < -0.4 is 0 Å². The summed E-state index contributed by atoms with van der Waals surface area (Å²) in [4.78, 5) is 23.9. The van der Waals surface area contributed by atoms with Crippen molar-refractivity contribution in [2.75, 3.05) is 0 Å². The van der Waals surface area contributed by atoms with E-state index in [9.17, 15) is 14.7 Å². The first-order valence-corrected chi connectivity index (χ1v) is 8.95. The van der Waals surface area contributed by atoms with Crippen LogP contribution in [0.3, 0.4) is 0 Å². The highest BCUT2D eigenvalue weighted by Crippen LogP contribution is 2.28. The molecular formula is C20H30O4. The Morgan fingerprint density at radius 2 is 1.58 bits per heavy atom. The van der Waals surface area contributed by atoms with Crippen molar-refractivity contribution in [1.82, 2.24) is 0 Å². The van der Waals surface area contributed by atoms with Gasteiger partial charge in [0.25, 0.3) is 0 Å². The second-order valence-corrected chi connectivity index (χ2v) is 6.57. The quantitative estimate of drug-likeness (QED) is 0.333. The molecule has 0 aromatic heterocycles. The summed E-state index contributed by atoms with van der Waals surface area (Å²) in [5.74, 6) is -1.75. The maximum absolute atomic E-state index is 12.3. The zero-order valence-corrected chi connectivity index (χ0v) is 14.9. The maximum atomic E-state index is 12.3. The van der Waals surface area contributed by atoms with Crippen LogP contribution in [0.2, 0.25) is 0 Å². The van der Waals surface area contributed by atoms with Crippen LogP contribution in [0.4, 0.5) is 0 Å². The Balaban J connectivity index is 2.42. The Hall–Kier alpha value is -1.84. The van der Waals surface area contributed by atoms with Gasteiger partial charge in [0.2, 0.25) is 0 Å². The van der Waals surface area contributed by atoms with Gasteiger partial charge in [-0.2, -0.15) is 0 Å². The molecule has 0 saturated carbocycles. The molecule has 0 spiro atoms. The first-order valence-electron chi connectivity index (χ1n) is 8.95. The molecule has 1 aromatic carbocycles. The molecule has 1 N–H and O–H groups in total. The molecule has 134 valence electrons. The Bertz CT molecular complexity index is 498. The van der Waals surface area contributed by atoms with E-state index in [4.69, 9.17) is 4.74 Å². The number of esters is 1. The van der Waals surface area contributed by atoms with Crippen LogP contribution in [-0.4, -0.2) is 17.0 Å². The van der Waals surface area contributed by atoms with Crippen molar-refractivity contribution in [2.45, 2.75) is 71.8 Å². The van der Waals surface area contributed by atoms with Crippen molar-refractivity contribution >= 4 is 11.9 Å². The van der Waals surface area contributed by atoms with E-state index in [2.05, 4.69) is 6.92 Å². The summed E-state index contributed by atoms with van der Waals surface area (Å²) in [5.41, 5.74) is -0.604. The van der Waals surface area contributed by atoms with Gasteiger partial charge in [-0.3, -0.25) is 9.59 Å². The lowest BCUT2D eigenvalue weighted by Crippen LogP contribution is -2.37. The topological polar surface area (TPSA) is 63.6 Å². The van der Waals surface area contributed by atoms with E-state index >= 15 is 0 Å². The van der Waals surface area contributed by atoms with Crippen LogP contribution in [0.1, 0.15) is 70.8 Å². The van der Waals surface area contributed by atoms with E-state index in [0.717, 1.165) is 24.8 Å². The predicted molar refractivity (Wildman–Crippen MR) is 94.6 cm³/mol. The molecule has 0 aliphatic carbocycles. The summed E-state index contributed by atoms with van der Waals surface area (Å²) in [5, 5.41) is 9.47. The summed E-state index contributed by atoms with van der Waals surface area (Å²) in [6, 6.07) is 9.30. The van der Waals surface area contributed by atoms with Gasteiger partial charge in [0.1, 0.15) is 6.61 Å². The molecule has 24 heavy (non-hydrogen) atoms. The van der Waals surface area contributed by atoms with Gasteiger partial charge in [0.15, 0.2) is 5.41 Å². The van der Waals surface area contributed by atoms with Gasteiger partial charge in [-0.25, -0.2) is 0 Å². The number of aliphatic carboxylic acids is 1. The zero-order chi connectivity index (χ0) is 17.8. The first kappa shape index (κ1) is 20.2. The van der Waals surface area contributed by atoms with Gasteiger partial charge in [0.05, 0.1) is 0 Å². The van der Waals surface area contributed by atoms with Gasteiger partial charge in [-0.15, -0.1) is 0 Å². The van der Waals surface area contributed by atoms with Crippen molar-refractivity contribution in [2.24, 2.45) is 5.41 Å². The second-order valence-electron chi connectivity index (χ2n) is 6.57. The van der Waals surface area contributed by atoms with Gasteiger partial charge >= 0.3 is 11.9 Å².